The van der Waals surface area contributed by atoms with Gasteiger partial charge in [0.15, 0.2) is 0 Å². The van der Waals surface area contributed by atoms with Gasteiger partial charge in [0, 0.05) is 0 Å². The second-order valence-electron chi connectivity index (χ2n) is 9.17. The summed E-state index contributed by atoms with van der Waals surface area (Å²) in [6, 6.07) is 26.6. The number of benzene rings is 3. The van der Waals surface area contributed by atoms with Gasteiger partial charge in [0.25, 0.3) is 0 Å². The van der Waals surface area contributed by atoms with Crippen molar-refractivity contribution in [3.8, 4) is 22.3 Å². The van der Waals surface area contributed by atoms with Crippen molar-refractivity contribution in [3.63, 3.8) is 0 Å². The van der Waals surface area contributed by atoms with Gasteiger partial charge in [-0.2, -0.15) is 0 Å². The van der Waals surface area contributed by atoms with Gasteiger partial charge in [-0.3, -0.25) is 0 Å². The zero-order valence-electron chi connectivity index (χ0n) is 16.9. The van der Waals surface area contributed by atoms with E-state index in [1.54, 1.807) is 0 Å². The number of hydrogen-bond acceptors (Lipinski definition) is 0. The summed E-state index contributed by atoms with van der Waals surface area (Å²) in [4.78, 5) is 0. The predicted octanol–water partition coefficient (Wildman–Crippen LogP) is 7.62. The van der Waals surface area contributed by atoms with Gasteiger partial charge in [-0.1, -0.05) is 114 Å². The van der Waals surface area contributed by atoms with Crippen LogP contribution < -0.4 is 0 Å². The fourth-order valence-corrected chi connectivity index (χ4v) is 3.61. The van der Waals surface area contributed by atoms with Crippen LogP contribution in [0, 0.1) is 0 Å². The van der Waals surface area contributed by atoms with E-state index in [2.05, 4.69) is 114 Å². The molecule has 134 valence electrons. The Bertz CT molecular complexity index is 808. The molecule has 0 aliphatic rings. The Morgan fingerprint density at radius 2 is 0.731 bits per heavy atom. The molecule has 3 rings (SSSR count). The first-order chi connectivity index (χ1) is 12.2. The first-order valence-corrected chi connectivity index (χ1v) is 9.48. The Hall–Kier alpha value is -2.34. The van der Waals surface area contributed by atoms with Crippen molar-refractivity contribution in [2.75, 3.05) is 0 Å². The molecule has 0 aliphatic carbocycles. The Morgan fingerprint density at radius 1 is 0.423 bits per heavy atom. The molecule has 0 unspecified atom stereocenters. The molecular weight excluding hydrogens is 312 g/mol. The van der Waals surface area contributed by atoms with Crippen molar-refractivity contribution in [3.05, 3.63) is 83.9 Å². The van der Waals surface area contributed by atoms with Gasteiger partial charge in [-0.05, 0) is 44.2 Å². The highest BCUT2D eigenvalue weighted by Gasteiger charge is 2.20. The molecule has 26 heavy (non-hydrogen) atoms. The minimum atomic E-state index is 0.133. The van der Waals surface area contributed by atoms with E-state index >= 15 is 0 Å². The molecule has 0 N–H and O–H groups in total. The Morgan fingerprint density at radius 3 is 1.04 bits per heavy atom. The molecule has 0 saturated carbocycles. The van der Waals surface area contributed by atoms with E-state index in [0.717, 1.165) is 0 Å². The third kappa shape index (κ3) is 3.75. The van der Waals surface area contributed by atoms with Crippen LogP contribution in [0.25, 0.3) is 22.3 Å². The molecule has 0 saturated heterocycles. The highest BCUT2D eigenvalue weighted by atomic mass is 14.2. The van der Waals surface area contributed by atoms with Crippen molar-refractivity contribution in [1.82, 2.24) is 0 Å². The van der Waals surface area contributed by atoms with Crippen molar-refractivity contribution in [2.45, 2.75) is 52.4 Å². The van der Waals surface area contributed by atoms with Gasteiger partial charge in [0.05, 0.1) is 0 Å². The molecule has 0 heterocycles. The molecule has 3 aromatic carbocycles. The Labute approximate surface area is 158 Å². The van der Waals surface area contributed by atoms with Crippen LogP contribution in [0.5, 0.6) is 0 Å². The molecule has 3 aromatic rings. The monoisotopic (exact) mass is 342 g/mol. The van der Waals surface area contributed by atoms with Crippen LogP contribution in [0.4, 0.5) is 0 Å². The van der Waals surface area contributed by atoms with E-state index in [-0.39, 0.29) is 10.8 Å². The lowest BCUT2D eigenvalue weighted by molar-refractivity contribution is 0.591. The summed E-state index contributed by atoms with van der Waals surface area (Å²) < 4.78 is 0. The van der Waals surface area contributed by atoms with E-state index in [9.17, 15) is 0 Å². The predicted molar refractivity (Wildman–Crippen MR) is 115 cm³/mol. The van der Waals surface area contributed by atoms with E-state index in [1.807, 2.05) is 0 Å². The van der Waals surface area contributed by atoms with Crippen LogP contribution in [-0.4, -0.2) is 0 Å². The second-order valence-corrected chi connectivity index (χ2v) is 9.17. The number of rotatable bonds is 2. The normalized spacial score (nSPS) is 12.2. The summed E-state index contributed by atoms with van der Waals surface area (Å²) in [6.45, 7) is 13.7. The van der Waals surface area contributed by atoms with Gasteiger partial charge in [0.1, 0.15) is 0 Å². The maximum atomic E-state index is 2.28. The fraction of sp³-hybridized carbons (Fsp3) is 0.308. The molecule has 0 radical (unpaired) electrons. The molecule has 0 fully saturated rings. The highest BCUT2D eigenvalue weighted by molar-refractivity contribution is 5.74. The molecule has 0 heteroatoms. The van der Waals surface area contributed by atoms with Crippen LogP contribution in [0.2, 0.25) is 0 Å². The summed E-state index contributed by atoms with van der Waals surface area (Å²) in [5.41, 5.74) is 8.28. The summed E-state index contributed by atoms with van der Waals surface area (Å²) in [5.74, 6) is 0. The van der Waals surface area contributed by atoms with E-state index < -0.39 is 0 Å². The molecule has 0 amide bonds. The van der Waals surface area contributed by atoms with E-state index in [0.29, 0.717) is 0 Å². The molecular formula is C26H30. The molecule has 0 aliphatic heterocycles. The first-order valence-electron chi connectivity index (χ1n) is 9.48. The third-order valence-corrected chi connectivity index (χ3v) is 4.98. The van der Waals surface area contributed by atoms with Gasteiger partial charge >= 0.3 is 0 Å². The van der Waals surface area contributed by atoms with Gasteiger partial charge in [-0.25, -0.2) is 0 Å². The molecule has 0 aromatic heterocycles. The molecule has 0 nitrogen and oxygen atoms in total. The Kier molecular flexibility index (Phi) is 4.80. The van der Waals surface area contributed by atoms with Gasteiger partial charge < -0.3 is 0 Å². The van der Waals surface area contributed by atoms with E-state index in [4.69, 9.17) is 0 Å². The van der Waals surface area contributed by atoms with Crippen LogP contribution in [0.1, 0.15) is 52.7 Å². The molecule has 0 bridgehead atoms. The SMILES string of the molecule is CC(C)(C)c1ccccc1-c1ccc(-c2ccccc2C(C)(C)C)cc1. The van der Waals surface area contributed by atoms with Crippen LogP contribution in [0.15, 0.2) is 72.8 Å². The summed E-state index contributed by atoms with van der Waals surface area (Å²) in [7, 11) is 0. The fourth-order valence-electron chi connectivity index (χ4n) is 3.61. The quantitative estimate of drug-likeness (QED) is 0.449. The zero-order valence-corrected chi connectivity index (χ0v) is 16.9. The van der Waals surface area contributed by atoms with Crippen LogP contribution in [-0.2, 0) is 10.8 Å². The highest BCUT2D eigenvalue weighted by Crippen LogP contribution is 2.36. The topological polar surface area (TPSA) is 0 Å². The van der Waals surface area contributed by atoms with Gasteiger partial charge in [0.2, 0.25) is 0 Å². The number of hydrogen-bond donors (Lipinski definition) is 0. The van der Waals surface area contributed by atoms with Gasteiger partial charge in [-0.15, -0.1) is 0 Å². The second kappa shape index (κ2) is 6.76. The average Bonchev–Trinajstić information content (AvgIpc) is 2.60. The van der Waals surface area contributed by atoms with Crippen molar-refractivity contribution in [1.29, 1.82) is 0 Å². The summed E-state index contributed by atoms with van der Waals surface area (Å²) in [5, 5.41) is 0. The van der Waals surface area contributed by atoms with E-state index in [1.165, 1.54) is 33.4 Å². The smallest absolute Gasteiger partial charge is 0.0126 e. The maximum Gasteiger partial charge on any atom is -0.0126 e. The largest absolute Gasteiger partial charge is 0.0619 e. The lowest BCUT2D eigenvalue weighted by atomic mass is 9.80. The summed E-state index contributed by atoms with van der Waals surface area (Å²) >= 11 is 0. The first kappa shape index (κ1) is 18.5. The summed E-state index contributed by atoms with van der Waals surface area (Å²) in [6.07, 6.45) is 0. The van der Waals surface area contributed by atoms with Crippen LogP contribution in [0.3, 0.4) is 0 Å². The standard InChI is InChI=1S/C26H30/c1-25(2,3)23-13-9-7-11-21(23)19-15-17-20(18-16-19)22-12-8-10-14-24(22)26(4,5)6/h7-18H,1-6H3. The minimum absolute atomic E-state index is 0.133. The lowest BCUT2D eigenvalue weighted by Crippen LogP contribution is -2.13. The Balaban J connectivity index is 2.05. The van der Waals surface area contributed by atoms with Crippen molar-refractivity contribution >= 4 is 0 Å². The van der Waals surface area contributed by atoms with Crippen molar-refractivity contribution in [2.24, 2.45) is 0 Å². The van der Waals surface area contributed by atoms with Crippen molar-refractivity contribution < 1.29 is 0 Å². The molecule has 0 spiro atoms. The molecule has 0 atom stereocenters. The third-order valence-electron chi connectivity index (χ3n) is 4.98. The average molecular weight is 343 g/mol. The lowest BCUT2D eigenvalue weighted by Gasteiger charge is -2.24. The van der Waals surface area contributed by atoms with Crippen LogP contribution >= 0.6 is 0 Å². The minimum Gasteiger partial charge on any atom is -0.0619 e. The zero-order chi connectivity index (χ0) is 18.9. The maximum absolute atomic E-state index is 2.28.